The summed E-state index contributed by atoms with van der Waals surface area (Å²) in [5.41, 5.74) is 2.26. The van der Waals surface area contributed by atoms with Gasteiger partial charge in [-0.3, -0.25) is 4.79 Å². The lowest BCUT2D eigenvalue weighted by Gasteiger charge is -2.10. The number of anilines is 1. The molecule has 1 amide bonds. The van der Waals surface area contributed by atoms with Crippen molar-refractivity contribution in [3.63, 3.8) is 0 Å². The second kappa shape index (κ2) is 8.47. The van der Waals surface area contributed by atoms with Crippen LogP contribution < -0.4 is 10.1 Å². The summed E-state index contributed by atoms with van der Waals surface area (Å²) in [6, 6.07) is 14.5. The molecule has 1 N–H and O–H groups in total. The molecule has 0 unspecified atom stereocenters. The van der Waals surface area contributed by atoms with Crippen LogP contribution in [0.2, 0.25) is 5.02 Å². The normalized spacial score (nSPS) is 9.96. The maximum Gasteiger partial charge on any atom is 0.234 e. The van der Waals surface area contributed by atoms with Gasteiger partial charge in [-0.2, -0.15) is 5.26 Å². The third-order valence-corrected chi connectivity index (χ3v) is 4.26. The molecule has 0 saturated heterocycles. The average Bonchev–Trinajstić information content (AvgIpc) is 2.56. The summed E-state index contributed by atoms with van der Waals surface area (Å²) >= 11 is 7.43. The van der Waals surface area contributed by atoms with E-state index in [0.29, 0.717) is 33.5 Å². The van der Waals surface area contributed by atoms with Crippen LogP contribution in [0.4, 0.5) is 5.69 Å². The lowest BCUT2D eigenvalue weighted by atomic mass is 10.2. The molecule has 0 bridgehead atoms. The van der Waals surface area contributed by atoms with Gasteiger partial charge in [-0.05, 0) is 35.9 Å². The van der Waals surface area contributed by atoms with Crippen LogP contribution in [-0.2, 0) is 10.5 Å². The van der Waals surface area contributed by atoms with Gasteiger partial charge >= 0.3 is 0 Å². The summed E-state index contributed by atoms with van der Waals surface area (Å²) in [6.07, 6.45) is 0. The molecule has 0 aromatic heterocycles. The molecular weight excluding hydrogens is 332 g/mol. The Bertz CT molecular complexity index is 726. The van der Waals surface area contributed by atoms with Crippen molar-refractivity contribution < 1.29 is 9.53 Å². The fourth-order valence-corrected chi connectivity index (χ4v) is 2.86. The molecule has 0 aliphatic heterocycles. The maximum atomic E-state index is 12.0. The molecule has 23 heavy (non-hydrogen) atoms. The number of hydrogen-bond donors (Lipinski definition) is 1. The summed E-state index contributed by atoms with van der Waals surface area (Å²) < 4.78 is 5.19. The molecule has 6 heteroatoms. The first-order valence-electron chi connectivity index (χ1n) is 6.82. The van der Waals surface area contributed by atoms with Crippen molar-refractivity contribution in [3.05, 3.63) is 58.6 Å². The Morgan fingerprint density at radius 1 is 1.30 bits per heavy atom. The van der Waals surface area contributed by atoms with Gasteiger partial charge in [0.25, 0.3) is 0 Å². The zero-order chi connectivity index (χ0) is 16.7. The van der Waals surface area contributed by atoms with Gasteiger partial charge in [0.2, 0.25) is 5.91 Å². The van der Waals surface area contributed by atoms with Gasteiger partial charge in [-0.1, -0.05) is 23.7 Å². The Morgan fingerprint density at radius 3 is 2.70 bits per heavy atom. The van der Waals surface area contributed by atoms with E-state index in [1.165, 1.54) is 11.8 Å². The molecule has 0 saturated carbocycles. The van der Waals surface area contributed by atoms with Crippen molar-refractivity contribution in [2.45, 2.75) is 5.75 Å². The number of nitrogens with one attached hydrogen (secondary N) is 1. The van der Waals surface area contributed by atoms with Crippen molar-refractivity contribution in [1.29, 1.82) is 5.26 Å². The van der Waals surface area contributed by atoms with Crippen molar-refractivity contribution in [2.75, 3.05) is 18.2 Å². The summed E-state index contributed by atoms with van der Waals surface area (Å²) in [5.74, 6) is 1.46. The van der Waals surface area contributed by atoms with Crippen LogP contribution in [0.15, 0.2) is 42.5 Å². The van der Waals surface area contributed by atoms with Gasteiger partial charge in [0.05, 0.1) is 30.2 Å². The van der Waals surface area contributed by atoms with Crippen LogP contribution in [0.3, 0.4) is 0 Å². The molecule has 2 aromatic rings. The molecule has 0 heterocycles. The Labute approximate surface area is 144 Å². The van der Waals surface area contributed by atoms with E-state index in [1.807, 2.05) is 12.1 Å². The first-order valence-corrected chi connectivity index (χ1v) is 8.36. The van der Waals surface area contributed by atoms with Crippen LogP contribution in [0.25, 0.3) is 0 Å². The minimum absolute atomic E-state index is 0.121. The first-order chi connectivity index (χ1) is 11.1. The van der Waals surface area contributed by atoms with Crippen molar-refractivity contribution in [2.24, 2.45) is 0 Å². The van der Waals surface area contributed by atoms with E-state index < -0.39 is 0 Å². The van der Waals surface area contributed by atoms with Crippen LogP contribution in [-0.4, -0.2) is 18.8 Å². The van der Waals surface area contributed by atoms with E-state index in [0.717, 1.165) is 5.56 Å². The molecule has 0 fully saturated rings. The maximum absolute atomic E-state index is 12.0. The SMILES string of the molecule is COc1ccc(Cl)cc1NC(=O)CSCc1ccc(C#N)cc1. The minimum atomic E-state index is -0.121. The highest BCUT2D eigenvalue weighted by Gasteiger charge is 2.08. The van der Waals surface area contributed by atoms with E-state index in [-0.39, 0.29) is 5.91 Å². The Balaban J connectivity index is 1.85. The predicted molar refractivity (Wildman–Crippen MR) is 94.0 cm³/mol. The van der Waals surface area contributed by atoms with Crippen LogP contribution >= 0.6 is 23.4 Å². The zero-order valence-corrected chi connectivity index (χ0v) is 14.1. The summed E-state index contributed by atoms with van der Waals surface area (Å²) in [7, 11) is 1.54. The molecule has 4 nitrogen and oxygen atoms in total. The molecule has 0 spiro atoms. The van der Waals surface area contributed by atoms with Crippen molar-refractivity contribution in [1.82, 2.24) is 0 Å². The molecule has 2 aromatic carbocycles. The second-order valence-corrected chi connectivity index (χ2v) is 6.12. The molecule has 0 atom stereocenters. The first kappa shape index (κ1) is 17.2. The number of carbonyl (C=O) groups excluding carboxylic acids is 1. The average molecular weight is 347 g/mol. The molecule has 2 rings (SSSR count). The number of nitrogens with zero attached hydrogens (tertiary/aromatic N) is 1. The van der Waals surface area contributed by atoms with Gasteiger partial charge in [-0.15, -0.1) is 11.8 Å². The number of halogens is 1. The predicted octanol–water partition coefficient (Wildman–Crippen LogP) is 4.09. The third kappa shape index (κ3) is 5.20. The van der Waals surface area contributed by atoms with Crippen molar-refractivity contribution in [3.8, 4) is 11.8 Å². The van der Waals surface area contributed by atoms with E-state index in [9.17, 15) is 4.79 Å². The number of benzene rings is 2. The lowest BCUT2D eigenvalue weighted by molar-refractivity contribution is -0.113. The quantitative estimate of drug-likeness (QED) is 0.855. The van der Waals surface area contributed by atoms with E-state index in [4.69, 9.17) is 21.6 Å². The monoisotopic (exact) mass is 346 g/mol. The largest absolute Gasteiger partial charge is 0.495 e. The number of carbonyl (C=O) groups is 1. The van der Waals surface area contributed by atoms with Gasteiger partial charge in [0, 0.05) is 10.8 Å². The number of rotatable bonds is 6. The number of amides is 1. The summed E-state index contributed by atoms with van der Waals surface area (Å²) in [4.78, 5) is 12.0. The van der Waals surface area contributed by atoms with Gasteiger partial charge in [-0.25, -0.2) is 0 Å². The Hall–Kier alpha value is -2.16. The minimum Gasteiger partial charge on any atom is -0.495 e. The van der Waals surface area contributed by atoms with Gasteiger partial charge < -0.3 is 10.1 Å². The highest BCUT2D eigenvalue weighted by Crippen LogP contribution is 2.27. The van der Waals surface area contributed by atoms with Gasteiger partial charge in [0.15, 0.2) is 0 Å². The van der Waals surface area contributed by atoms with Crippen LogP contribution in [0.1, 0.15) is 11.1 Å². The number of thioether (sulfide) groups is 1. The molecule has 0 aliphatic rings. The molecule has 0 radical (unpaired) electrons. The Kier molecular flexibility index (Phi) is 6.33. The highest BCUT2D eigenvalue weighted by molar-refractivity contribution is 7.99. The Morgan fingerprint density at radius 2 is 2.04 bits per heavy atom. The summed E-state index contributed by atoms with van der Waals surface area (Å²) in [5, 5.41) is 12.1. The molecule has 118 valence electrons. The number of methoxy groups -OCH3 is 1. The van der Waals surface area contributed by atoms with E-state index >= 15 is 0 Å². The lowest BCUT2D eigenvalue weighted by Crippen LogP contribution is -2.14. The smallest absolute Gasteiger partial charge is 0.234 e. The summed E-state index contributed by atoms with van der Waals surface area (Å²) in [6.45, 7) is 0. The zero-order valence-electron chi connectivity index (χ0n) is 12.5. The van der Waals surface area contributed by atoms with Crippen LogP contribution in [0, 0.1) is 11.3 Å². The van der Waals surface area contributed by atoms with Gasteiger partial charge in [0.1, 0.15) is 5.75 Å². The third-order valence-electron chi connectivity index (χ3n) is 3.02. The van der Waals surface area contributed by atoms with Crippen molar-refractivity contribution >= 4 is 35.0 Å². The van der Waals surface area contributed by atoms with E-state index in [2.05, 4.69) is 11.4 Å². The van der Waals surface area contributed by atoms with E-state index in [1.54, 1.807) is 37.4 Å². The highest BCUT2D eigenvalue weighted by atomic mass is 35.5. The van der Waals surface area contributed by atoms with Crippen LogP contribution in [0.5, 0.6) is 5.75 Å². The number of nitriles is 1. The molecule has 0 aliphatic carbocycles. The fourth-order valence-electron chi connectivity index (χ4n) is 1.90. The number of ether oxygens (including phenoxy) is 1. The number of hydrogen-bond acceptors (Lipinski definition) is 4. The molecular formula is C17H15ClN2O2S. The topological polar surface area (TPSA) is 62.1 Å². The second-order valence-electron chi connectivity index (χ2n) is 4.69. The standard InChI is InChI=1S/C17H15ClN2O2S/c1-22-16-7-6-14(18)8-15(16)20-17(21)11-23-10-13-4-2-12(9-19)3-5-13/h2-8H,10-11H2,1H3,(H,20,21). The fraction of sp³-hybridized carbons (Fsp3) is 0.176.